The van der Waals surface area contributed by atoms with Crippen molar-refractivity contribution in [3.8, 4) is 17.6 Å². The zero-order valence-electron chi connectivity index (χ0n) is 14.0. The minimum Gasteiger partial charge on any atom is -0.489 e. The van der Waals surface area contributed by atoms with Crippen molar-refractivity contribution in [1.82, 2.24) is 14.6 Å². The molecule has 3 aromatic rings. The second-order valence-electron chi connectivity index (χ2n) is 5.61. The molecule has 1 N–H and O–H groups in total. The van der Waals surface area contributed by atoms with Crippen LogP contribution in [0.5, 0.6) is 5.75 Å². The zero-order valence-corrected chi connectivity index (χ0v) is 15.6. The van der Waals surface area contributed by atoms with Crippen molar-refractivity contribution in [1.29, 1.82) is 0 Å². The van der Waals surface area contributed by atoms with Gasteiger partial charge >= 0.3 is 5.97 Å². The second-order valence-corrected chi connectivity index (χ2v) is 6.53. The number of fused-ring (bicyclic) bond motifs is 1. The second kappa shape index (κ2) is 8.02. The van der Waals surface area contributed by atoms with Gasteiger partial charge in [-0.3, -0.25) is 4.79 Å². The zero-order chi connectivity index (χ0) is 18.5. The van der Waals surface area contributed by atoms with Crippen molar-refractivity contribution in [2.24, 2.45) is 0 Å². The molecule has 0 aliphatic rings. The van der Waals surface area contributed by atoms with Crippen LogP contribution in [0.4, 0.5) is 0 Å². The normalized spacial score (nSPS) is 11.6. The Kier molecular flexibility index (Phi) is 5.54. The predicted octanol–water partition coefficient (Wildman–Crippen LogP) is 3.65. The third-order valence-corrected chi connectivity index (χ3v) is 4.23. The molecule has 0 aliphatic carbocycles. The van der Waals surface area contributed by atoms with Gasteiger partial charge in [-0.15, -0.1) is 5.92 Å². The molecule has 7 heteroatoms. The van der Waals surface area contributed by atoms with E-state index in [0.29, 0.717) is 12.4 Å². The molecule has 0 saturated carbocycles. The first kappa shape index (κ1) is 18.0. The minimum absolute atomic E-state index is 0.0239. The Hall–Kier alpha value is -2.85. The first-order valence-electron chi connectivity index (χ1n) is 7.91. The van der Waals surface area contributed by atoms with Gasteiger partial charge in [-0.25, -0.2) is 9.50 Å². The Morgan fingerprint density at radius 2 is 2.15 bits per heavy atom. The third-order valence-electron chi connectivity index (χ3n) is 3.79. The lowest BCUT2D eigenvalue weighted by Gasteiger charge is -2.11. The minimum atomic E-state index is -0.870. The van der Waals surface area contributed by atoms with E-state index in [1.165, 1.54) is 6.33 Å². The van der Waals surface area contributed by atoms with Gasteiger partial charge in [0, 0.05) is 16.2 Å². The standard InChI is InChI=1S/C19H16BrN3O3/c1-2-3-14(9-18(24)25)13-4-6-17(7-5-13)26-11-15-8-16(20)10-23-19(15)21-12-22-23/h4-8,10,12,14H,9,11H2,1H3,(H,24,25)/t14-/m0/s1. The van der Waals surface area contributed by atoms with Crippen molar-refractivity contribution in [2.75, 3.05) is 0 Å². The lowest BCUT2D eigenvalue weighted by molar-refractivity contribution is -0.137. The number of ether oxygens (including phenoxy) is 1. The van der Waals surface area contributed by atoms with Crippen molar-refractivity contribution in [3.63, 3.8) is 0 Å². The third kappa shape index (κ3) is 4.21. The van der Waals surface area contributed by atoms with Gasteiger partial charge in [0.1, 0.15) is 18.7 Å². The van der Waals surface area contributed by atoms with E-state index in [2.05, 4.69) is 37.9 Å². The molecule has 0 amide bonds. The van der Waals surface area contributed by atoms with E-state index in [9.17, 15) is 4.79 Å². The number of aromatic nitrogens is 3. The van der Waals surface area contributed by atoms with Crippen LogP contribution < -0.4 is 4.74 Å². The van der Waals surface area contributed by atoms with Crippen molar-refractivity contribution < 1.29 is 14.6 Å². The largest absolute Gasteiger partial charge is 0.489 e. The predicted molar refractivity (Wildman–Crippen MR) is 99.9 cm³/mol. The topological polar surface area (TPSA) is 76.7 Å². The molecule has 0 radical (unpaired) electrons. The molecule has 0 fully saturated rings. The highest BCUT2D eigenvalue weighted by atomic mass is 79.9. The molecule has 1 atom stereocenters. The molecule has 0 saturated heterocycles. The Bertz CT molecular complexity index is 987. The van der Waals surface area contributed by atoms with Crippen LogP contribution in [-0.4, -0.2) is 25.7 Å². The van der Waals surface area contributed by atoms with Gasteiger partial charge in [-0.2, -0.15) is 5.10 Å². The van der Waals surface area contributed by atoms with Crippen LogP contribution in [0.25, 0.3) is 5.65 Å². The molecule has 132 valence electrons. The summed E-state index contributed by atoms with van der Waals surface area (Å²) in [5.41, 5.74) is 2.50. The molecule has 0 bridgehead atoms. The smallest absolute Gasteiger partial charge is 0.304 e. The summed E-state index contributed by atoms with van der Waals surface area (Å²) in [6, 6.07) is 9.28. The highest BCUT2D eigenvalue weighted by Crippen LogP contribution is 2.23. The van der Waals surface area contributed by atoms with Crippen LogP contribution in [0.15, 0.2) is 47.3 Å². The molecule has 2 aromatic heterocycles. The summed E-state index contributed by atoms with van der Waals surface area (Å²) >= 11 is 3.45. The molecular formula is C19H16BrN3O3. The summed E-state index contributed by atoms with van der Waals surface area (Å²) in [5, 5.41) is 13.1. The summed E-state index contributed by atoms with van der Waals surface area (Å²) in [6.07, 6.45) is 3.30. The van der Waals surface area contributed by atoms with Crippen molar-refractivity contribution in [2.45, 2.75) is 25.9 Å². The number of aliphatic carboxylic acids is 1. The molecular weight excluding hydrogens is 398 g/mol. The van der Waals surface area contributed by atoms with Crippen molar-refractivity contribution in [3.05, 3.63) is 58.5 Å². The lowest BCUT2D eigenvalue weighted by Crippen LogP contribution is -2.05. The van der Waals surface area contributed by atoms with Crippen LogP contribution in [0.2, 0.25) is 0 Å². The van der Waals surface area contributed by atoms with Crippen LogP contribution in [-0.2, 0) is 11.4 Å². The van der Waals surface area contributed by atoms with E-state index in [0.717, 1.165) is 21.2 Å². The average molecular weight is 414 g/mol. The number of halogens is 1. The van der Waals surface area contributed by atoms with Gasteiger partial charge in [0.2, 0.25) is 0 Å². The molecule has 6 nitrogen and oxygen atoms in total. The fourth-order valence-corrected chi connectivity index (χ4v) is 3.09. The van der Waals surface area contributed by atoms with Gasteiger partial charge in [0.05, 0.1) is 12.3 Å². The Balaban J connectivity index is 1.73. The maximum atomic E-state index is 11.0. The molecule has 3 rings (SSSR count). The summed E-state index contributed by atoms with van der Waals surface area (Å²) in [5.74, 6) is 5.21. The summed E-state index contributed by atoms with van der Waals surface area (Å²) in [7, 11) is 0. The number of carboxylic acid groups (broad SMARTS) is 1. The molecule has 0 spiro atoms. The van der Waals surface area contributed by atoms with E-state index in [1.807, 2.05) is 36.5 Å². The number of nitrogens with zero attached hydrogens (tertiary/aromatic N) is 3. The van der Waals surface area contributed by atoms with Crippen LogP contribution >= 0.6 is 15.9 Å². The Morgan fingerprint density at radius 1 is 1.38 bits per heavy atom. The van der Waals surface area contributed by atoms with E-state index < -0.39 is 5.97 Å². The Morgan fingerprint density at radius 3 is 2.85 bits per heavy atom. The molecule has 26 heavy (non-hydrogen) atoms. The van der Waals surface area contributed by atoms with Gasteiger partial charge in [-0.1, -0.05) is 18.1 Å². The maximum absolute atomic E-state index is 11.0. The van der Waals surface area contributed by atoms with Gasteiger partial charge < -0.3 is 9.84 Å². The van der Waals surface area contributed by atoms with Crippen molar-refractivity contribution >= 4 is 27.5 Å². The molecule has 0 aliphatic heterocycles. The van der Waals surface area contributed by atoms with Crippen LogP contribution in [0.3, 0.4) is 0 Å². The number of hydrogen-bond acceptors (Lipinski definition) is 4. The van der Waals surface area contributed by atoms with Gasteiger partial charge in [0.25, 0.3) is 0 Å². The van der Waals surface area contributed by atoms with Crippen LogP contribution in [0.1, 0.15) is 30.4 Å². The summed E-state index contributed by atoms with van der Waals surface area (Å²) < 4.78 is 8.42. The monoisotopic (exact) mass is 413 g/mol. The average Bonchev–Trinajstić information content (AvgIpc) is 3.08. The van der Waals surface area contributed by atoms with E-state index in [1.54, 1.807) is 11.4 Å². The molecule has 1 aromatic carbocycles. The first-order valence-corrected chi connectivity index (χ1v) is 8.70. The molecule has 0 unspecified atom stereocenters. The number of benzene rings is 1. The fraction of sp³-hybridized carbons (Fsp3) is 0.211. The highest BCUT2D eigenvalue weighted by Gasteiger charge is 2.13. The van der Waals surface area contributed by atoms with Gasteiger partial charge in [0.15, 0.2) is 5.65 Å². The van der Waals surface area contributed by atoms with E-state index in [4.69, 9.17) is 9.84 Å². The number of pyridine rings is 1. The Labute approximate surface area is 159 Å². The number of rotatable bonds is 6. The van der Waals surface area contributed by atoms with E-state index in [-0.39, 0.29) is 12.3 Å². The fourth-order valence-electron chi connectivity index (χ4n) is 2.62. The van der Waals surface area contributed by atoms with E-state index >= 15 is 0 Å². The number of carbonyl (C=O) groups is 1. The molecule has 2 heterocycles. The highest BCUT2D eigenvalue weighted by molar-refractivity contribution is 9.10. The first-order chi connectivity index (χ1) is 12.6. The summed E-state index contributed by atoms with van der Waals surface area (Å²) in [6.45, 7) is 2.05. The summed E-state index contributed by atoms with van der Waals surface area (Å²) in [4.78, 5) is 15.2. The maximum Gasteiger partial charge on any atom is 0.304 e. The van der Waals surface area contributed by atoms with Gasteiger partial charge in [-0.05, 0) is 46.6 Å². The SMILES string of the molecule is CC#C[C@@H](CC(=O)O)c1ccc(OCc2cc(Br)cn3ncnc23)cc1. The quantitative estimate of drug-likeness (QED) is 0.624. The lowest BCUT2D eigenvalue weighted by atomic mass is 9.96. The van der Waals surface area contributed by atoms with Crippen LogP contribution in [0, 0.1) is 11.8 Å². The number of carboxylic acids is 1. The number of hydrogen-bond donors (Lipinski definition) is 1.